The molecule has 1 amide bonds. The number of alkyl carbamates (subject to hydrolysis) is 1. The van der Waals surface area contributed by atoms with E-state index in [0.717, 1.165) is 11.1 Å². The van der Waals surface area contributed by atoms with Crippen LogP contribution in [-0.2, 0) is 11.3 Å². The van der Waals surface area contributed by atoms with Crippen molar-refractivity contribution in [1.29, 1.82) is 0 Å². The number of carbonyl (C=O) groups is 1. The molecule has 0 bridgehead atoms. The van der Waals surface area contributed by atoms with Crippen LogP contribution in [0.25, 0.3) is 6.08 Å². The maximum Gasteiger partial charge on any atom is 0.408 e. The first-order valence-electron chi connectivity index (χ1n) is 7.04. The average molecular weight is 299 g/mol. The third-order valence-electron chi connectivity index (χ3n) is 3.06. The van der Waals surface area contributed by atoms with Crippen molar-refractivity contribution < 1.29 is 13.9 Å². The van der Waals surface area contributed by atoms with Gasteiger partial charge in [0, 0.05) is 0 Å². The van der Waals surface area contributed by atoms with Crippen LogP contribution in [0.4, 0.5) is 9.18 Å². The highest BCUT2D eigenvalue weighted by molar-refractivity contribution is 5.68. The summed E-state index contributed by atoms with van der Waals surface area (Å²) in [7, 11) is 0. The molecule has 0 saturated carbocycles. The molecule has 0 aliphatic carbocycles. The molecule has 0 fully saturated rings. The number of benzene rings is 2. The monoisotopic (exact) mass is 299 g/mol. The van der Waals surface area contributed by atoms with Gasteiger partial charge < -0.3 is 10.1 Å². The van der Waals surface area contributed by atoms with Gasteiger partial charge in [-0.2, -0.15) is 0 Å². The van der Waals surface area contributed by atoms with Crippen LogP contribution in [0.2, 0.25) is 0 Å². The molecule has 0 heterocycles. The lowest BCUT2D eigenvalue weighted by Crippen LogP contribution is -2.33. The molecule has 0 radical (unpaired) electrons. The summed E-state index contributed by atoms with van der Waals surface area (Å²) in [5, 5.41) is 2.47. The van der Waals surface area contributed by atoms with E-state index in [1.807, 2.05) is 48.5 Å². The molecule has 1 N–H and O–H groups in total. The van der Waals surface area contributed by atoms with E-state index in [4.69, 9.17) is 4.74 Å². The molecule has 114 valence electrons. The number of hydrogen-bond acceptors (Lipinski definition) is 2. The van der Waals surface area contributed by atoms with Crippen molar-refractivity contribution in [3.05, 3.63) is 77.6 Å². The van der Waals surface area contributed by atoms with Gasteiger partial charge in [-0.05, 0) is 24.1 Å². The second-order valence-corrected chi connectivity index (χ2v) is 4.87. The molecule has 1 unspecified atom stereocenters. The maximum absolute atomic E-state index is 14.0. The standard InChI is InChI=1S/C18H18FNO2/c1-14(17(19)12-15-8-4-2-5-9-15)20-18(21)22-13-16-10-6-3-7-11-16/h2-12,14H,13H2,1H3,(H,20,21)/b17-12+. The summed E-state index contributed by atoms with van der Waals surface area (Å²) < 4.78 is 19.1. The lowest BCUT2D eigenvalue weighted by atomic mass is 10.1. The Balaban J connectivity index is 1.84. The Morgan fingerprint density at radius 3 is 2.36 bits per heavy atom. The number of hydrogen-bond donors (Lipinski definition) is 1. The largest absolute Gasteiger partial charge is 0.445 e. The summed E-state index contributed by atoms with van der Waals surface area (Å²) in [4.78, 5) is 11.7. The molecule has 2 aromatic rings. The Kier molecular flexibility index (Phi) is 5.72. The molecule has 0 saturated heterocycles. The normalized spacial score (nSPS) is 12.5. The van der Waals surface area contributed by atoms with Crippen LogP contribution in [0.5, 0.6) is 0 Å². The number of nitrogens with one attached hydrogen (secondary N) is 1. The Bertz CT molecular complexity index is 626. The average Bonchev–Trinajstić information content (AvgIpc) is 2.55. The summed E-state index contributed by atoms with van der Waals surface area (Å²) in [5.41, 5.74) is 1.62. The van der Waals surface area contributed by atoms with Gasteiger partial charge in [-0.1, -0.05) is 60.7 Å². The van der Waals surface area contributed by atoms with Crippen LogP contribution in [0, 0.1) is 0 Å². The first-order valence-corrected chi connectivity index (χ1v) is 7.04. The fourth-order valence-electron chi connectivity index (χ4n) is 1.84. The topological polar surface area (TPSA) is 38.3 Å². The van der Waals surface area contributed by atoms with Gasteiger partial charge in [0.1, 0.15) is 12.4 Å². The molecule has 2 aromatic carbocycles. The van der Waals surface area contributed by atoms with Crippen LogP contribution < -0.4 is 5.32 Å². The Labute approximate surface area is 129 Å². The van der Waals surface area contributed by atoms with Gasteiger partial charge in [-0.15, -0.1) is 0 Å². The van der Waals surface area contributed by atoms with E-state index in [9.17, 15) is 9.18 Å². The summed E-state index contributed by atoms with van der Waals surface area (Å²) >= 11 is 0. The van der Waals surface area contributed by atoms with Gasteiger partial charge in [0.15, 0.2) is 0 Å². The summed E-state index contributed by atoms with van der Waals surface area (Å²) in [6.45, 7) is 1.72. The molecule has 0 aliphatic heterocycles. The molecular formula is C18H18FNO2. The van der Waals surface area contributed by atoms with E-state index in [2.05, 4.69) is 5.32 Å². The number of ether oxygens (including phenoxy) is 1. The van der Waals surface area contributed by atoms with Crippen molar-refractivity contribution in [3.63, 3.8) is 0 Å². The third kappa shape index (κ3) is 5.05. The van der Waals surface area contributed by atoms with E-state index in [-0.39, 0.29) is 6.61 Å². The molecule has 22 heavy (non-hydrogen) atoms. The number of halogens is 1. The predicted octanol–water partition coefficient (Wildman–Crippen LogP) is 4.31. The van der Waals surface area contributed by atoms with Gasteiger partial charge in [0.05, 0.1) is 6.04 Å². The van der Waals surface area contributed by atoms with E-state index < -0.39 is 18.0 Å². The summed E-state index contributed by atoms with van der Waals surface area (Å²) in [6, 6.07) is 17.7. The van der Waals surface area contributed by atoms with Crippen LogP contribution in [0.1, 0.15) is 18.1 Å². The minimum absolute atomic E-state index is 0.156. The van der Waals surface area contributed by atoms with E-state index in [1.165, 1.54) is 6.08 Å². The minimum atomic E-state index is -0.747. The van der Waals surface area contributed by atoms with Crippen LogP contribution in [0.15, 0.2) is 66.5 Å². The summed E-state index contributed by atoms with van der Waals surface area (Å²) in [6.07, 6.45) is 0.746. The zero-order valence-electron chi connectivity index (χ0n) is 12.3. The van der Waals surface area contributed by atoms with Gasteiger partial charge in [-0.25, -0.2) is 9.18 Å². The molecule has 0 aliphatic rings. The van der Waals surface area contributed by atoms with Crippen LogP contribution >= 0.6 is 0 Å². The summed E-state index contributed by atoms with van der Waals surface area (Å²) in [5.74, 6) is -0.428. The maximum atomic E-state index is 14.0. The Morgan fingerprint density at radius 2 is 1.73 bits per heavy atom. The Hall–Kier alpha value is -2.62. The molecule has 1 atom stereocenters. The van der Waals surface area contributed by atoms with Crippen LogP contribution in [0.3, 0.4) is 0 Å². The van der Waals surface area contributed by atoms with E-state index in [0.29, 0.717) is 0 Å². The second-order valence-electron chi connectivity index (χ2n) is 4.87. The molecule has 4 heteroatoms. The van der Waals surface area contributed by atoms with E-state index >= 15 is 0 Å². The molecule has 2 rings (SSSR count). The third-order valence-corrected chi connectivity index (χ3v) is 3.06. The lowest BCUT2D eigenvalue weighted by Gasteiger charge is -2.12. The van der Waals surface area contributed by atoms with Gasteiger partial charge in [-0.3, -0.25) is 0 Å². The number of carbonyl (C=O) groups excluding carboxylic acids is 1. The van der Waals surface area contributed by atoms with Crippen molar-refractivity contribution >= 4 is 12.2 Å². The van der Waals surface area contributed by atoms with Gasteiger partial charge >= 0.3 is 6.09 Å². The minimum Gasteiger partial charge on any atom is -0.445 e. The second kappa shape index (κ2) is 7.98. The zero-order valence-corrected chi connectivity index (χ0v) is 12.3. The van der Waals surface area contributed by atoms with Crippen molar-refractivity contribution in [2.45, 2.75) is 19.6 Å². The lowest BCUT2D eigenvalue weighted by molar-refractivity contribution is 0.137. The zero-order chi connectivity index (χ0) is 15.8. The Morgan fingerprint density at radius 1 is 1.14 bits per heavy atom. The van der Waals surface area contributed by atoms with Gasteiger partial charge in [0.2, 0.25) is 0 Å². The van der Waals surface area contributed by atoms with Crippen molar-refractivity contribution in [2.75, 3.05) is 0 Å². The fourth-order valence-corrected chi connectivity index (χ4v) is 1.84. The molecule has 3 nitrogen and oxygen atoms in total. The molecule has 0 aromatic heterocycles. The number of rotatable bonds is 5. The van der Waals surface area contributed by atoms with Crippen LogP contribution in [-0.4, -0.2) is 12.1 Å². The van der Waals surface area contributed by atoms with E-state index in [1.54, 1.807) is 19.1 Å². The first kappa shape index (κ1) is 15.8. The molecule has 0 spiro atoms. The first-order chi connectivity index (χ1) is 10.6. The SMILES string of the molecule is CC(NC(=O)OCc1ccccc1)/C(F)=C\c1ccccc1. The smallest absolute Gasteiger partial charge is 0.408 e. The fraction of sp³-hybridized carbons (Fsp3) is 0.167. The van der Waals surface area contributed by atoms with Crippen molar-refractivity contribution in [3.8, 4) is 0 Å². The highest BCUT2D eigenvalue weighted by Gasteiger charge is 2.12. The van der Waals surface area contributed by atoms with Crippen molar-refractivity contribution in [1.82, 2.24) is 5.32 Å². The molecular weight excluding hydrogens is 281 g/mol. The number of amides is 1. The highest BCUT2D eigenvalue weighted by Crippen LogP contribution is 2.11. The highest BCUT2D eigenvalue weighted by atomic mass is 19.1. The quantitative estimate of drug-likeness (QED) is 0.893. The van der Waals surface area contributed by atoms with Crippen molar-refractivity contribution in [2.24, 2.45) is 0 Å². The predicted molar refractivity (Wildman–Crippen MR) is 84.8 cm³/mol. The van der Waals surface area contributed by atoms with Gasteiger partial charge in [0.25, 0.3) is 0 Å².